The van der Waals surface area contributed by atoms with E-state index in [0.717, 1.165) is 21.5 Å². The highest BCUT2D eigenvalue weighted by Crippen LogP contribution is 2.30. The molecule has 0 atom stereocenters. The minimum absolute atomic E-state index is 0.115. The third-order valence-electron chi connectivity index (χ3n) is 5.25. The van der Waals surface area contributed by atoms with Crippen molar-refractivity contribution in [1.82, 2.24) is 29.1 Å². The molecule has 0 aliphatic heterocycles. The highest BCUT2D eigenvalue weighted by atomic mass is 32.2. The molecule has 0 saturated carbocycles. The predicted molar refractivity (Wildman–Crippen MR) is 131 cm³/mol. The first kappa shape index (κ1) is 20.7. The number of para-hydroxylation sites is 1. The number of fused-ring (bicyclic) bond motifs is 3. The number of aromatic nitrogens is 6. The molecule has 10 heteroatoms. The maximum absolute atomic E-state index is 13.6. The van der Waals surface area contributed by atoms with Crippen LogP contribution in [0.5, 0.6) is 0 Å². The van der Waals surface area contributed by atoms with E-state index in [1.165, 1.54) is 35.2 Å². The molecule has 0 saturated heterocycles. The Balaban J connectivity index is 1.38. The number of benzene rings is 2. The van der Waals surface area contributed by atoms with Crippen LogP contribution in [0.2, 0.25) is 0 Å². The van der Waals surface area contributed by atoms with Gasteiger partial charge in [-0.05, 0) is 48.5 Å². The molecule has 7 nitrogen and oxygen atoms in total. The molecule has 0 amide bonds. The first-order valence-corrected chi connectivity index (χ1v) is 12.1. The lowest BCUT2D eigenvalue weighted by atomic mass is 10.2. The van der Waals surface area contributed by atoms with E-state index in [9.17, 15) is 9.18 Å². The molecule has 0 bridgehead atoms. The fraction of sp³-hybridized carbons (Fsp3) is 0.0417. The Morgan fingerprint density at radius 1 is 0.971 bits per heavy atom. The number of halogens is 1. The Bertz CT molecular complexity index is 1690. The number of hydrogen-bond donors (Lipinski definition) is 0. The van der Waals surface area contributed by atoms with Gasteiger partial charge in [-0.1, -0.05) is 35.2 Å². The number of pyridine rings is 1. The normalized spacial score (nSPS) is 11.4. The van der Waals surface area contributed by atoms with Crippen molar-refractivity contribution in [3.8, 4) is 17.1 Å². The smallest absolute Gasteiger partial charge is 0.259 e. The van der Waals surface area contributed by atoms with Crippen molar-refractivity contribution in [3.63, 3.8) is 0 Å². The number of thiazole rings is 1. The van der Waals surface area contributed by atoms with Gasteiger partial charge < -0.3 is 0 Å². The molecule has 166 valence electrons. The first-order chi connectivity index (χ1) is 16.7. The fourth-order valence-corrected chi connectivity index (χ4v) is 5.60. The van der Waals surface area contributed by atoms with Crippen LogP contribution < -0.4 is 5.56 Å². The molecule has 4 heterocycles. The lowest BCUT2D eigenvalue weighted by Gasteiger charge is -2.10. The van der Waals surface area contributed by atoms with Crippen LogP contribution in [0.25, 0.3) is 32.3 Å². The topological polar surface area (TPSA) is 78.0 Å². The van der Waals surface area contributed by atoms with E-state index in [0.29, 0.717) is 27.4 Å². The van der Waals surface area contributed by atoms with Crippen LogP contribution in [-0.4, -0.2) is 29.1 Å². The maximum Gasteiger partial charge on any atom is 0.259 e. The number of rotatable bonds is 5. The lowest BCUT2D eigenvalue weighted by molar-refractivity contribution is 0.627. The van der Waals surface area contributed by atoms with Gasteiger partial charge in [-0.2, -0.15) is 0 Å². The van der Waals surface area contributed by atoms with Crippen LogP contribution in [0.4, 0.5) is 4.39 Å². The first-order valence-electron chi connectivity index (χ1n) is 10.3. The molecule has 0 N–H and O–H groups in total. The molecule has 0 spiro atoms. The van der Waals surface area contributed by atoms with Crippen molar-refractivity contribution in [2.75, 3.05) is 0 Å². The zero-order chi connectivity index (χ0) is 23.1. The van der Waals surface area contributed by atoms with Crippen molar-refractivity contribution < 1.29 is 4.39 Å². The highest BCUT2D eigenvalue weighted by molar-refractivity contribution is 7.98. The third-order valence-corrected chi connectivity index (χ3v) is 7.24. The third kappa shape index (κ3) is 3.66. The Morgan fingerprint density at radius 3 is 2.59 bits per heavy atom. The predicted octanol–water partition coefficient (Wildman–Crippen LogP) is 4.98. The monoisotopic (exact) mass is 486 g/mol. The van der Waals surface area contributed by atoms with Gasteiger partial charge in [0.25, 0.3) is 5.56 Å². The van der Waals surface area contributed by atoms with Crippen molar-refractivity contribution in [2.45, 2.75) is 10.9 Å². The van der Waals surface area contributed by atoms with E-state index in [2.05, 4.69) is 15.2 Å². The summed E-state index contributed by atoms with van der Waals surface area (Å²) in [5, 5.41) is 9.37. The van der Waals surface area contributed by atoms with E-state index in [1.807, 2.05) is 41.0 Å². The average molecular weight is 487 g/mol. The Labute approximate surface area is 200 Å². The second-order valence-corrected chi connectivity index (χ2v) is 9.37. The Hall–Kier alpha value is -3.89. The van der Waals surface area contributed by atoms with Gasteiger partial charge in [0.2, 0.25) is 0 Å². The van der Waals surface area contributed by atoms with Crippen molar-refractivity contribution in [2.24, 2.45) is 0 Å². The molecule has 0 aliphatic carbocycles. The lowest BCUT2D eigenvalue weighted by Crippen LogP contribution is -2.13. The van der Waals surface area contributed by atoms with E-state index < -0.39 is 0 Å². The number of hydrogen-bond acceptors (Lipinski definition) is 7. The number of nitrogens with zero attached hydrogens (tertiary/aromatic N) is 6. The molecule has 34 heavy (non-hydrogen) atoms. The summed E-state index contributed by atoms with van der Waals surface area (Å²) in [7, 11) is 0. The standard InChI is InChI=1S/C24H15FN6OS2/c25-16-5-7-18(8-6-16)30-22(15-9-11-26-12-10-15)28-29-24(30)33-14-17-13-21(32)31-19-3-1-2-4-20(19)34-23(31)27-17/h1-13H,14H2. The van der Waals surface area contributed by atoms with Crippen molar-refractivity contribution >= 4 is 38.3 Å². The SMILES string of the molecule is O=c1cc(CSc2nnc(-c3ccncc3)n2-c2ccc(F)cc2)nc2sc3ccccc3n12. The molecule has 6 aromatic rings. The Kier molecular flexibility index (Phi) is 5.16. The minimum Gasteiger partial charge on any atom is -0.270 e. The van der Waals surface area contributed by atoms with Crippen molar-refractivity contribution in [1.29, 1.82) is 0 Å². The molecular weight excluding hydrogens is 471 g/mol. The molecule has 2 aromatic carbocycles. The molecular formula is C24H15FN6OS2. The van der Waals surface area contributed by atoms with Gasteiger partial charge in [-0.15, -0.1) is 10.2 Å². The van der Waals surface area contributed by atoms with Gasteiger partial charge in [-0.3, -0.25) is 18.7 Å². The molecule has 0 unspecified atom stereocenters. The van der Waals surface area contributed by atoms with Crippen LogP contribution in [0.1, 0.15) is 5.69 Å². The fourth-order valence-electron chi connectivity index (χ4n) is 3.71. The van der Waals surface area contributed by atoms with Crippen LogP contribution in [0.15, 0.2) is 89.1 Å². The van der Waals surface area contributed by atoms with Gasteiger partial charge in [-0.25, -0.2) is 9.37 Å². The van der Waals surface area contributed by atoms with Crippen LogP contribution in [0, 0.1) is 5.82 Å². The molecule has 0 radical (unpaired) electrons. The highest BCUT2D eigenvalue weighted by Gasteiger charge is 2.17. The summed E-state index contributed by atoms with van der Waals surface area (Å²) >= 11 is 2.90. The zero-order valence-corrected chi connectivity index (χ0v) is 19.1. The van der Waals surface area contributed by atoms with E-state index in [4.69, 9.17) is 4.98 Å². The van der Waals surface area contributed by atoms with Crippen LogP contribution in [-0.2, 0) is 5.75 Å². The maximum atomic E-state index is 13.6. The zero-order valence-electron chi connectivity index (χ0n) is 17.5. The summed E-state index contributed by atoms with van der Waals surface area (Å²) in [6.07, 6.45) is 3.37. The quantitative estimate of drug-likeness (QED) is 0.320. The molecule has 6 rings (SSSR count). The van der Waals surface area contributed by atoms with Crippen molar-refractivity contribution in [3.05, 3.63) is 101 Å². The van der Waals surface area contributed by atoms with Gasteiger partial charge in [0, 0.05) is 35.5 Å². The van der Waals surface area contributed by atoms with Crippen LogP contribution >= 0.6 is 23.1 Å². The van der Waals surface area contributed by atoms with E-state index in [1.54, 1.807) is 35.0 Å². The minimum atomic E-state index is -0.321. The largest absolute Gasteiger partial charge is 0.270 e. The van der Waals surface area contributed by atoms with Gasteiger partial charge >= 0.3 is 0 Å². The van der Waals surface area contributed by atoms with Crippen LogP contribution in [0.3, 0.4) is 0 Å². The Morgan fingerprint density at radius 2 is 1.76 bits per heavy atom. The summed E-state index contributed by atoms with van der Waals surface area (Å²) in [5.41, 5.74) is 2.96. The molecule has 0 fully saturated rings. The van der Waals surface area contributed by atoms with Gasteiger partial charge in [0.05, 0.1) is 15.9 Å². The summed E-state index contributed by atoms with van der Waals surface area (Å²) in [6, 6.07) is 19.2. The second-order valence-electron chi connectivity index (χ2n) is 7.42. The summed E-state index contributed by atoms with van der Waals surface area (Å²) in [6.45, 7) is 0. The summed E-state index contributed by atoms with van der Waals surface area (Å²) in [5.74, 6) is 0.720. The number of thioether (sulfide) groups is 1. The van der Waals surface area contributed by atoms with Gasteiger partial charge in [0.1, 0.15) is 5.82 Å². The summed E-state index contributed by atoms with van der Waals surface area (Å²) < 4.78 is 18.1. The molecule has 4 aromatic heterocycles. The van der Waals surface area contributed by atoms with Gasteiger partial charge in [0.15, 0.2) is 15.9 Å². The molecule has 0 aliphatic rings. The van der Waals surface area contributed by atoms with E-state index >= 15 is 0 Å². The second kappa shape index (κ2) is 8.47. The summed E-state index contributed by atoms with van der Waals surface area (Å²) in [4.78, 5) is 22.3. The average Bonchev–Trinajstić information content (AvgIpc) is 3.45. The van der Waals surface area contributed by atoms with E-state index in [-0.39, 0.29) is 11.4 Å².